The van der Waals surface area contributed by atoms with Gasteiger partial charge in [-0.15, -0.1) is 0 Å². The number of rotatable bonds is 3. The highest BCUT2D eigenvalue weighted by atomic mass is 19.1. The standard InChI is InChI=1S/C17H16FN3O2/c18-15-12(11-3-1-10(9-19)2-4-11)7-8-20-16(15)13-5-6-14(22)21-17(13)23/h1-4,7-8,13H,5-6,9,19H2,(H,21,22,23). The van der Waals surface area contributed by atoms with Crippen LogP contribution in [0.25, 0.3) is 11.1 Å². The van der Waals surface area contributed by atoms with Gasteiger partial charge in [0.15, 0.2) is 5.82 Å². The number of aromatic nitrogens is 1. The van der Waals surface area contributed by atoms with Gasteiger partial charge in [-0.2, -0.15) is 0 Å². The number of benzene rings is 1. The first-order valence-corrected chi connectivity index (χ1v) is 7.37. The summed E-state index contributed by atoms with van der Waals surface area (Å²) in [6.07, 6.45) is 1.94. The number of hydrogen-bond donors (Lipinski definition) is 2. The Hall–Kier alpha value is -2.60. The molecule has 1 aromatic heterocycles. The smallest absolute Gasteiger partial charge is 0.235 e. The second-order valence-corrected chi connectivity index (χ2v) is 5.46. The van der Waals surface area contributed by atoms with Crippen molar-refractivity contribution in [3.8, 4) is 11.1 Å². The largest absolute Gasteiger partial charge is 0.326 e. The lowest BCUT2D eigenvalue weighted by molar-refractivity contribution is -0.134. The zero-order valence-electron chi connectivity index (χ0n) is 12.4. The summed E-state index contributed by atoms with van der Waals surface area (Å²) in [5.41, 5.74) is 7.66. The number of amides is 2. The van der Waals surface area contributed by atoms with Gasteiger partial charge in [0.25, 0.3) is 0 Å². The van der Waals surface area contributed by atoms with Crippen LogP contribution in [-0.2, 0) is 16.1 Å². The first kappa shape index (κ1) is 15.3. The van der Waals surface area contributed by atoms with E-state index in [-0.39, 0.29) is 24.4 Å². The molecule has 3 rings (SSSR count). The molecule has 1 aliphatic heterocycles. The molecule has 1 atom stereocenters. The fourth-order valence-corrected chi connectivity index (χ4v) is 2.70. The maximum Gasteiger partial charge on any atom is 0.235 e. The highest BCUT2D eigenvalue weighted by Gasteiger charge is 2.31. The van der Waals surface area contributed by atoms with E-state index in [4.69, 9.17) is 5.73 Å². The third kappa shape index (κ3) is 2.98. The lowest BCUT2D eigenvalue weighted by Gasteiger charge is -2.21. The molecule has 0 saturated carbocycles. The van der Waals surface area contributed by atoms with Crippen molar-refractivity contribution in [2.75, 3.05) is 0 Å². The van der Waals surface area contributed by atoms with Crippen LogP contribution >= 0.6 is 0 Å². The first-order chi connectivity index (χ1) is 11.1. The molecule has 1 aromatic carbocycles. The Morgan fingerprint density at radius 1 is 1.22 bits per heavy atom. The number of hydrogen-bond acceptors (Lipinski definition) is 4. The van der Waals surface area contributed by atoms with E-state index in [2.05, 4.69) is 10.3 Å². The molecule has 23 heavy (non-hydrogen) atoms. The quantitative estimate of drug-likeness (QED) is 0.847. The van der Waals surface area contributed by atoms with Gasteiger partial charge in [0.2, 0.25) is 11.8 Å². The van der Waals surface area contributed by atoms with E-state index in [1.165, 1.54) is 6.20 Å². The predicted molar refractivity (Wildman–Crippen MR) is 82.6 cm³/mol. The van der Waals surface area contributed by atoms with Crippen LogP contribution in [0.15, 0.2) is 36.5 Å². The Morgan fingerprint density at radius 3 is 2.61 bits per heavy atom. The number of imide groups is 1. The van der Waals surface area contributed by atoms with Crippen molar-refractivity contribution in [2.45, 2.75) is 25.3 Å². The van der Waals surface area contributed by atoms with E-state index in [0.29, 0.717) is 17.7 Å². The van der Waals surface area contributed by atoms with Gasteiger partial charge in [-0.3, -0.25) is 19.9 Å². The van der Waals surface area contributed by atoms with Gasteiger partial charge in [0.1, 0.15) is 0 Å². The summed E-state index contributed by atoms with van der Waals surface area (Å²) in [5.74, 6) is -2.10. The minimum Gasteiger partial charge on any atom is -0.326 e. The second-order valence-electron chi connectivity index (χ2n) is 5.46. The van der Waals surface area contributed by atoms with Crippen LogP contribution in [0.5, 0.6) is 0 Å². The van der Waals surface area contributed by atoms with E-state index < -0.39 is 17.6 Å². The van der Waals surface area contributed by atoms with Gasteiger partial charge in [-0.1, -0.05) is 24.3 Å². The van der Waals surface area contributed by atoms with Crippen molar-refractivity contribution in [3.63, 3.8) is 0 Å². The van der Waals surface area contributed by atoms with Crippen LogP contribution in [0.3, 0.4) is 0 Å². The van der Waals surface area contributed by atoms with Crippen molar-refractivity contribution in [3.05, 3.63) is 53.6 Å². The lowest BCUT2D eigenvalue weighted by Crippen LogP contribution is -2.40. The molecule has 1 aliphatic rings. The van der Waals surface area contributed by atoms with E-state index >= 15 is 0 Å². The Labute approximate surface area is 132 Å². The molecule has 2 heterocycles. The highest BCUT2D eigenvalue weighted by molar-refractivity contribution is 6.00. The van der Waals surface area contributed by atoms with Crippen LogP contribution in [0.4, 0.5) is 4.39 Å². The number of halogens is 1. The molecule has 2 amide bonds. The zero-order valence-corrected chi connectivity index (χ0v) is 12.4. The van der Waals surface area contributed by atoms with Gasteiger partial charge < -0.3 is 5.73 Å². The summed E-state index contributed by atoms with van der Waals surface area (Å²) >= 11 is 0. The van der Waals surface area contributed by atoms with Crippen LogP contribution in [0.1, 0.15) is 30.0 Å². The number of pyridine rings is 1. The van der Waals surface area contributed by atoms with Crippen molar-refractivity contribution >= 4 is 11.8 Å². The van der Waals surface area contributed by atoms with Gasteiger partial charge in [0.05, 0.1) is 11.6 Å². The van der Waals surface area contributed by atoms with Gasteiger partial charge in [0, 0.05) is 24.7 Å². The molecule has 2 aromatic rings. The molecular weight excluding hydrogens is 297 g/mol. The Balaban J connectivity index is 1.97. The van der Waals surface area contributed by atoms with Crippen molar-refractivity contribution in [1.82, 2.24) is 10.3 Å². The summed E-state index contributed by atoms with van der Waals surface area (Å²) in [4.78, 5) is 27.2. The molecule has 5 nitrogen and oxygen atoms in total. The number of piperidine rings is 1. The molecule has 1 fully saturated rings. The Kier molecular flexibility index (Phi) is 4.16. The first-order valence-electron chi connectivity index (χ1n) is 7.37. The number of nitrogens with zero attached hydrogens (tertiary/aromatic N) is 1. The van der Waals surface area contributed by atoms with Crippen LogP contribution in [0, 0.1) is 5.82 Å². The van der Waals surface area contributed by atoms with E-state index in [9.17, 15) is 14.0 Å². The maximum absolute atomic E-state index is 14.8. The van der Waals surface area contributed by atoms with Crippen molar-refractivity contribution in [1.29, 1.82) is 0 Å². The highest BCUT2D eigenvalue weighted by Crippen LogP contribution is 2.31. The molecule has 0 spiro atoms. The topological polar surface area (TPSA) is 85.1 Å². The maximum atomic E-state index is 14.8. The zero-order chi connectivity index (χ0) is 16.4. The monoisotopic (exact) mass is 313 g/mol. The fourth-order valence-electron chi connectivity index (χ4n) is 2.70. The van der Waals surface area contributed by atoms with E-state index in [0.717, 1.165) is 5.56 Å². The summed E-state index contributed by atoms with van der Waals surface area (Å²) < 4.78 is 14.8. The van der Waals surface area contributed by atoms with Gasteiger partial charge >= 0.3 is 0 Å². The van der Waals surface area contributed by atoms with Crippen LogP contribution in [0.2, 0.25) is 0 Å². The third-order valence-electron chi connectivity index (χ3n) is 3.99. The average molecular weight is 313 g/mol. The van der Waals surface area contributed by atoms with Gasteiger partial charge in [-0.25, -0.2) is 4.39 Å². The molecule has 118 valence electrons. The number of carbonyl (C=O) groups excluding carboxylic acids is 2. The number of nitrogens with one attached hydrogen (secondary N) is 1. The van der Waals surface area contributed by atoms with Gasteiger partial charge in [-0.05, 0) is 23.6 Å². The summed E-state index contributed by atoms with van der Waals surface area (Å²) in [7, 11) is 0. The normalized spacial score (nSPS) is 17.9. The minimum absolute atomic E-state index is 0.0791. The Bertz CT molecular complexity index is 759. The molecule has 1 saturated heterocycles. The average Bonchev–Trinajstić information content (AvgIpc) is 2.56. The molecule has 6 heteroatoms. The summed E-state index contributed by atoms with van der Waals surface area (Å²) in [5, 5.41) is 2.23. The molecule has 3 N–H and O–H groups in total. The predicted octanol–water partition coefficient (Wildman–Crippen LogP) is 1.87. The van der Waals surface area contributed by atoms with E-state index in [1.807, 2.05) is 12.1 Å². The summed E-state index contributed by atoms with van der Waals surface area (Å²) in [6.45, 7) is 0.417. The minimum atomic E-state index is -0.740. The van der Waals surface area contributed by atoms with Crippen LogP contribution in [-0.4, -0.2) is 16.8 Å². The second kappa shape index (κ2) is 6.26. The van der Waals surface area contributed by atoms with Crippen molar-refractivity contribution < 1.29 is 14.0 Å². The Morgan fingerprint density at radius 2 is 1.96 bits per heavy atom. The fraction of sp³-hybridized carbons (Fsp3) is 0.235. The summed E-state index contributed by atoms with van der Waals surface area (Å²) in [6, 6.07) is 8.81. The lowest BCUT2D eigenvalue weighted by atomic mass is 9.92. The molecule has 1 unspecified atom stereocenters. The molecule has 0 bridgehead atoms. The van der Waals surface area contributed by atoms with Crippen molar-refractivity contribution in [2.24, 2.45) is 5.73 Å². The van der Waals surface area contributed by atoms with E-state index in [1.54, 1.807) is 18.2 Å². The SMILES string of the molecule is NCc1ccc(-c2ccnc(C3CCC(=O)NC3=O)c2F)cc1. The van der Waals surface area contributed by atoms with Crippen LogP contribution < -0.4 is 11.1 Å². The number of nitrogens with two attached hydrogens (primary N) is 1. The number of carbonyl (C=O) groups is 2. The molecule has 0 aliphatic carbocycles. The molecule has 0 radical (unpaired) electrons. The molecular formula is C17H16FN3O2. The third-order valence-corrected chi connectivity index (χ3v) is 3.99.